The lowest BCUT2D eigenvalue weighted by Gasteiger charge is -2.00. The van der Waals surface area contributed by atoms with Crippen molar-refractivity contribution in [3.63, 3.8) is 0 Å². The van der Waals surface area contributed by atoms with Crippen LogP contribution in [0.2, 0.25) is 0 Å². The minimum atomic E-state index is -0.284. The number of nitrogens with zero attached hydrogens (tertiary/aromatic N) is 1. The third-order valence-electron chi connectivity index (χ3n) is 1.23. The van der Waals surface area contributed by atoms with Gasteiger partial charge >= 0.3 is 0 Å². The second kappa shape index (κ2) is 3.78. The fraction of sp³-hybridized carbons (Fsp3) is 0.286. The Kier molecular flexibility index (Phi) is 2.96. The maximum Gasteiger partial charge on any atom is 0.147 e. The number of hydrogen-bond donors (Lipinski definition) is 1. The van der Waals surface area contributed by atoms with E-state index in [9.17, 15) is 4.39 Å². The standard InChI is InChI=1S/C7H8BrFN2/c1-10-4-7-6(9)2-5(8)3-11-7/h2-3,10H,4H2,1H3. The van der Waals surface area contributed by atoms with Crippen molar-refractivity contribution in [2.24, 2.45) is 0 Å². The maximum absolute atomic E-state index is 12.9. The molecule has 0 aliphatic heterocycles. The Hall–Kier alpha value is -0.480. The van der Waals surface area contributed by atoms with E-state index in [1.807, 2.05) is 0 Å². The monoisotopic (exact) mass is 218 g/mol. The number of halogens is 2. The number of nitrogens with one attached hydrogen (secondary N) is 1. The van der Waals surface area contributed by atoms with Crippen LogP contribution in [0.1, 0.15) is 5.69 Å². The lowest BCUT2D eigenvalue weighted by Crippen LogP contribution is -2.08. The second-order valence-corrected chi connectivity index (χ2v) is 3.03. The third kappa shape index (κ3) is 2.24. The van der Waals surface area contributed by atoms with E-state index in [4.69, 9.17) is 0 Å². The molecule has 1 aromatic rings. The van der Waals surface area contributed by atoms with Crippen molar-refractivity contribution in [3.8, 4) is 0 Å². The molecule has 0 saturated heterocycles. The van der Waals surface area contributed by atoms with E-state index >= 15 is 0 Å². The predicted octanol–water partition coefficient (Wildman–Crippen LogP) is 1.70. The van der Waals surface area contributed by atoms with E-state index in [0.717, 1.165) is 0 Å². The molecule has 60 valence electrons. The summed E-state index contributed by atoms with van der Waals surface area (Å²) in [5.74, 6) is -0.284. The molecule has 0 aromatic carbocycles. The minimum absolute atomic E-state index is 0.284. The fourth-order valence-corrected chi connectivity index (χ4v) is 1.04. The molecule has 1 heterocycles. The highest BCUT2D eigenvalue weighted by atomic mass is 79.9. The minimum Gasteiger partial charge on any atom is -0.314 e. The van der Waals surface area contributed by atoms with Crippen LogP contribution in [0, 0.1) is 5.82 Å². The van der Waals surface area contributed by atoms with Gasteiger partial charge in [0.15, 0.2) is 0 Å². The van der Waals surface area contributed by atoms with Crippen LogP contribution in [0.15, 0.2) is 16.7 Å². The number of hydrogen-bond acceptors (Lipinski definition) is 2. The molecule has 0 unspecified atom stereocenters. The summed E-state index contributed by atoms with van der Waals surface area (Å²) < 4.78 is 13.6. The van der Waals surface area contributed by atoms with Crippen LogP contribution in [0.5, 0.6) is 0 Å². The van der Waals surface area contributed by atoms with Gasteiger partial charge in [-0.2, -0.15) is 0 Å². The fourth-order valence-electron chi connectivity index (χ4n) is 0.740. The highest BCUT2D eigenvalue weighted by molar-refractivity contribution is 9.10. The molecule has 1 rings (SSSR count). The van der Waals surface area contributed by atoms with Gasteiger partial charge < -0.3 is 5.32 Å². The van der Waals surface area contributed by atoms with Crippen LogP contribution in [0.3, 0.4) is 0 Å². The molecular weight excluding hydrogens is 211 g/mol. The van der Waals surface area contributed by atoms with Crippen molar-refractivity contribution in [1.82, 2.24) is 10.3 Å². The van der Waals surface area contributed by atoms with E-state index in [1.165, 1.54) is 6.07 Å². The number of rotatable bonds is 2. The quantitative estimate of drug-likeness (QED) is 0.818. The molecule has 0 saturated carbocycles. The zero-order valence-electron chi connectivity index (χ0n) is 6.06. The van der Waals surface area contributed by atoms with Crippen molar-refractivity contribution < 1.29 is 4.39 Å². The molecule has 0 fully saturated rings. The Morgan fingerprint density at radius 2 is 2.45 bits per heavy atom. The SMILES string of the molecule is CNCc1ncc(Br)cc1F. The van der Waals surface area contributed by atoms with Gasteiger partial charge in [0.2, 0.25) is 0 Å². The summed E-state index contributed by atoms with van der Waals surface area (Å²) in [6, 6.07) is 1.40. The highest BCUT2D eigenvalue weighted by Gasteiger charge is 2.01. The van der Waals surface area contributed by atoms with Crippen LogP contribution in [0.4, 0.5) is 4.39 Å². The first-order chi connectivity index (χ1) is 5.24. The molecule has 0 aliphatic rings. The van der Waals surface area contributed by atoms with Crippen molar-refractivity contribution >= 4 is 15.9 Å². The smallest absolute Gasteiger partial charge is 0.147 e. The van der Waals surface area contributed by atoms with Gasteiger partial charge in [-0.05, 0) is 29.0 Å². The topological polar surface area (TPSA) is 24.9 Å². The molecule has 2 nitrogen and oxygen atoms in total. The number of pyridine rings is 1. The normalized spacial score (nSPS) is 10.1. The molecule has 0 amide bonds. The molecule has 0 aliphatic carbocycles. The van der Waals surface area contributed by atoms with E-state index < -0.39 is 0 Å². The maximum atomic E-state index is 12.9. The summed E-state index contributed by atoms with van der Waals surface area (Å²) in [6.07, 6.45) is 1.58. The predicted molar refractivity (Wildman–Crippen MR) is 44.7 cm³/mol. The van der Waals surface area contributed by atoms with E-state index in [0.29, 0.717) is 16.7 Å². The first kappa shape index (κ1) is 8.62. The molecule has 0 atom stereocenters. The Morgan fingerprint density at radius 3 is 3.00 bits per heavy atom. The highest BCUT2D eigenvalue weighted by Crippen LogP contribution is 2.11. The van der Waals surface area contributed by atoms with Crippen molar-refractivity contribution in [1.29, 1.82) is 0 Å². The molecule has 0 radical (unpaired) electrons. The largest absolute Gasteiger partial charge is 0.314 e. The van der Waals surface area contributed by atoms with E-state index in [1.54, 1.807) is 13.2 Å². The summed E-state index contributed by atoms with van der Waals surface area (Å²) >= 11 is 3.12. The lowest BCUT2D eigenvalue weighted by molar-refractivity contribution is 0.587. The summed E-state index contributed by atoms with van der Waals surface area (Å²) in [6.45, 7) is 0.457. The van der Waals surface area contributed by atoms with Crippen LogP contribution in [-0.2, 0) is 6.54 Å². The van der Waals surface area contributed by atoms with Gasteiger partial charge in [-0.15, -0.1) is 0 Å². The van der Waals surface area contributed by atoms with E-state index in [-0.39, 0.29) is 5.82 Å². The Bertz CT molecular complexity index is 252. The summed E-state index contributed by atoms with van der Waals surface area (Å²) in [4.78, 5) is 3.88. The first-order valence-electron chi connectivity index (χ1n) is 3.18. The average molecular weight is 219 g/mol. The Labute approximate surface area is 73.0 Å². The molecule has 1 N–H and O–H groups in total. The molecule has 11 heavy (non-hydrogen) atoms. The molecule has 1 aromatic heterocycles. The third-order valence-corrected chi connectivity index (χ3v) is 1.66. The van der Waals surface area contributed by atoms with Gasteiger partial charge in [0.25, 0.3) is 0 Å². The van der Waals surface area contributed by atoms with Crippen LogP contribution in [-0.4, -0.2) is 12.0 Å². The summed E-state index contributed by atoms with van der Waals surface area (Å²) in [7, 11) is 1.75. The lowest BCUT2D eigenvalue weighted by atomic mass is 10.3. The molecule has 0 spiro atoms. The van der Waals surface area contributed by atoms with Crippen molar-refractivity contribution in [2.45, 2.75) is 6.54 Å². The second-order valence-electron chi connectivity index (χ2n) is 2.11. The van der Waals surface area contributed by atoms with Crippen LogP contribution < -0.4 is 5.32 Å². The van der Waals surface area contributed by atoms with Gasteiger partial charge in [-0.25, -0.2) is 4.39 Å². The van der Waals surface area contributed by atoms with Gasteiger partial charge in [-0.1, -0.05) is 0 Å². The van der Waals surface area contributed by atoms with Gasteiger partial charge in [0, 0.05) is 17.2 Å². The van der Waals surface area contributed by atoms with Crippen LogP contribution in [0.25, 0.3) is 0 Å². The van der Waals surface area contributed by atoms with Crippen LogP contribution >= 0.6 is 15.9 Å². The zero-order chi connectivity index (χ0) is 8.27. The molecule has 0 bridgehead atoms. The van der Waals surface area contributed by atoms with E-state index in [2.05, 4.69) is 26.2 Å². The van der Waals surface area contributed by atoms with Crippen molar-refractivity contribution in [3.05, 3.63) is 28.2 Å². The Morgan fingerprint density at radius 1 is 1.73 bits per heavy atom. The Balaban J connectivity index is 2.90. The summed E-state index contributed by atoms with van der Waals surface area (Å²) in [5, 5.41) is 2.83. The van der Waals surface area contributed by atoms with Gasteiger partial charge in [0.1, 0.15) is 5.82 Å². The van der Waals surface area contributed by atoms with Crippen molar-refractivity contribution in [2.75, 3.05) is 7.05 Å². The number of aromatic nitrogens is 1. The average Bonchev–Trinajstić information content (AvgIpc) is 1.95. The summed E-state index contributed by atoms with van der Waals surface area (Å²) in [5.41, 5.74) is 0.440. The van der Waals surface area contributed by atoms with Gasteiger partial charge in [0.05, 0.1) is 5.69 Å². The zero-order valence-corrected chi connectivity index (χ0v) is 7.65. The molecule has 4 heteroatoms. The van der Waals surface area contributed by atoms with Gasteiger partial charge in [-0.3, -0.25) is 4.98 Å². The molecular formula is C7H8BrFN2. The first-order valence-corrected chi connectivity index (χ1v) is 3.98.